The van der Waals surface area contributed by atoms with E-state index in [2.05, 4.69) is 12.2 Å². The third-order valence-electron chi connectivity index (χ3n) is 4.35. The van der Waals surface area contributed by atoms with E-state index in [0.717, 1.165) is 51.3 Å². The molecule has 1 spiro atoms. The Balaban J connectivity index is 1.59. The Bertz CT molecular complexity index is 379. The largest absolute Gasteiger partial charge is 0.468 e. The molecule has 2 atom stereocenters. The second-order valence-corrected chi connectivity index (χ2v) is 5.74. The maximum Gasteiger partial charge on any atom is 0.120 e. The standard InChI is InChI=1S/C15H23NO3/c1-12(14-3-2-7-18-14)16-13-4-8-19-15(11-13)5-9-17-10-6-15/h2-3,7,12-13,16H,4-6,8-11H2,1H3. The Morgan fingerprint density at radius 2 is 2.16 bits per heavy atom. The van der Waals surface area contributed by atoms with Crippen LogP contribution in [0.5, 0.6) is 0 Å². The van der Waals surface area contributed by atoms with Crippen molar-refractivity contribution < 1.29 is 13.9 Å². The molecule has 0 radical (unpaired) electrons. The molecule has 2 aliphatic rings. The molecule has 0 bridgehead atoms. The van der Waals surface area contributed by atoms with Crippen molar-refractivity contribution in [2.75, 3.05) is 19.8 Å². The van der Waals surface area contributed by atoms with E-state index in [9.17, 15) is 0 Å². The molecule has 2 unspecified atom stereocenters. The minimum absolute atomic E-state index is 0.0526. The predicted octanol–water partition coefficient (Wildman–Crippen LogP) is 2.66. The average Bonchev–Trinajstić information content (AvgIpc) is 2.93. The SMILES string of the molecule is CC(NC1CCOC2(CCOCC2)C1)c1ccco1. The average molecular weight is 265 g/mol. The first-order valence-electron chi connectivity index (χ1n) is 7.29. The molecule has 0 aromatic carbocycles. The van der Waals surface area contributed by atoms with Gasteiger partial charge in [-0.1, -0.05) is 0 Å². The summed E-state index contributed by atoms with van der Waals surface area (Å²) in [5.41, 5.74) is 0.0526. The van der Waals surface area contributed by atoms with E-state index in [0.29, 0.717) is 6.04 Å². The zero-order valence-corrected chi connectivity index (χ0v) is 11.6. The van der Waals surface area contributed by atoms with Crippen molar-refractivity contribution >= 4 is 0 Å². The molecular formula is C15H23NO3. The van der Waals surface area contributed by atoms with Crippen molar-refractivity contribution in [2.45, 2.75) is 50.3 Å². The molecule has 19 heavy (non-hydrogen) atoms. The third kappa shape index (κ3) is 3.02. The Labute approximate surface area is 114 Å². The number of hydrogen-bond donors (Lipinski definition) is 1. The molecule has 3 heterocycles. The fraction of sp³-hybridized carbons (Fsp3) is 0.733. The molecular weight excluding hydrogens is 242 g/mol. The first kappa shape index (κ1) is 13.2. The van der Waals surface area contributed by atoms with Crippen LogP contribution in [-0.2, 0) is 9.47 Å². The predicted molar refractivity (Wildman–Crippen MR) is 72.0 cm³/mol. The fourth-order valence-corrected chi connectivity index (χ4v) is 3.24. The van der Waals surface area contributed by atoms with Crippen LogP contribution in [-0.4, -0.2) is 31.5 Å². The van der Waals surface area contributed by atoms with Gasteiger partial charge < -0.3 is 19.2 Å². The topological polar surface area (TPSA) is 43.6 Å². The lowest BCUT2D eigenvalue weighted by atomic mass is 9.84. The first-order chi connectivity index (χ1) is 9.27. The van der Waals surface area contributed by atoms with Crippen LogP contribution in [0.1, 0.15) is 44.4 Å². The fourth-order valence-electron chi connectivity index (χ4n) is 3.24. The van der Waals surface area contributed by atoms with E-state index < -0.39 is 0 Å². The molecule has 1 aromatic rings. The smallest absolute Gasteiger partial charge is 0.120 e. The van der Waals surface area contributed by atoms with Crippen LogP contribution in [0.15, 0.2) is 22.8 Å². The highest BCUT2D eigenvalue weighted by Gasteiger charge is 2.39. The van der Waals surface area contributed by atoms with E-state index in [1.807, 2.05) is 12.1 Å². The second-order valence-electron chi connectivity index (χ2n) is 5.74. The number of nitrogens with one attached hydrogen (secondary N) is 1. The van der Waals surface area contributed by atoms with Gasteiger partial charge in [-0.3, -0.25) is 0 Å². The van der Waals surface area contributed by atoms with E-state index in [1.165, 1.54) is 0 Å². The van der Waals surface area contributed by atoms with Crippen LogP contribution in [0.3, 0.4) is 0 Å². The summed E-state index contributed by atoms with van der Waals surface area (Å²) in [6, 6.07) is 4.74. The minimum atomic E-state index is 0.0526. The molecule has 106 valence electrons. The maximum atomic E-state index is 6.07. The van der Waals surface area contributed by atoms with Crippen LogP contribution in [0, 0.1) is 0 Å². The van der Waals surface area contributed by atoms with Crippen LogP contribution in [0.2, 0.25) is 0 Å². The molecule has 0 saturated carbocycles. The lowest BCUT2D eigenvalue weighted by Gasteiger charge is -2.44. The summed E-state index contributed by atoms with van der Waals surface area (Å²) < 4.78 is 17.0. The first-order valence-corrected chi connectivity index (χ1v) is 7.29. The number of ether oxygens (including phenoxy) is 2. The Hall–Kier alpha value is -0.840. The highest BCUT2D eigenvalue weighted by Crippen LogP contribution is 2.34. The zero-order valence-electron chi connectivity index (χ0n) is 11.6. The lowest BCUT2D eigenvalue weighted by molar-refractivity contribution is -0.141. The number of rotatable bonds is 3. The molecule has 3 rings (SSSR count). The van der Waals surface area contributed by atoms with Gasteiger partial charge in [0.2, 0.25) is 0 Å². The van der Waals surface area contributed by atoms with Crippen molar-refractivity contribution in [1.82, 2.24) is 5.32 Å². The zero-order chi connectivity index (χ0) is 13.1. The van der Waals surface area contributed by atoms with Gasteiger partial charge in [0.15, 0.2) is 0 Å². The Morgan fingerprint density at radius 3 is 2.89 bits per heavy atom. The van der Waals surface area contributed by atoms with Gasteiger partial charge in [-0.2, -0.15) is 0 Å². The van der Waals surface area contributed by atoms with Crippen LogP contribution >= 0.6 is 0 Å². The van der Waals surface area contributed by atoms with Crippen molar-refractivity contribution in [1.29, 1.82) is 0 Å². The van der Waals surface area contributed by atoms with Crippen LogP contribution in [0.4, 0.5) is 0 Å². The monoisotopic (exact) mass is 265 g/mol. The summed E-state index contributed by atoms with van der Waals surface area (Å²) >= 11 is 0. The number of furan rings is 1. The second kappa shape index (κ2) is 5.65. The summed E-state index contributed by atoms with van der Waals surface area (Å²) in [4.78, 5) is 0. The van der Waals surface area contributed by atoms with Gasteiger partial charge in [0.05, 0.1) is 17.9 Å². The van der Waals surface area contributed by atoms with Gasteiger partial charge in [0.25, 0.3) is 0 Å². The van der Waals surface area contributed by atoms with Gasteiger partial charge in [-0.15, -0.1) is 0 Å². The maximum absolute atomic E-state index is 6.07. The van der Waals surface area contributed by atoms with Gasteiger partial charge in [-0.05, 0) is 44.7 Å². The number of hydrogen-bond acceptors (Lipinski definition) is 4. The minimum Gasteiger partial charge on any atom is -0.468 e. The van der Waals surface area contributed by atoms with Gasteiger partial charge in [-0.25, -0.2) is 0 Å². The highest BCUT2D eigenvalue weighted by atomic mass is 16.5. The van der Waals surface area contributed by atoms with E-state index in [4.69, 9.17) is 13.9 Å². The van der Waals surface area contributed by atoms with Crippen molar-refractivity contribution in [3.05, 3.63) is 24.2 Å². The molecule has 4 heteroatoms. The van der Waals surface area contributed by atoms with Crippen LogP contribution < -0.4 is 5.32 Å². The lowest BCUT2D eigenvalue weighted by Crippen LogP contribution is -2.50. The van der Waals surface area contributed by atoms with Crippen molar-refractivity contribution in [3.63, 3.8) is 0 Å². The molecule has 2 saturated heterocycles. The molecule has 4 nitrogen and oxygen atoms in total. The van der Waals surface area contributed by atoms with Crippen molar-refractivity contribution in [2.24, 2.45) is 0 Å². The summed E-state index contributed by atoms with van der Waals surface area (Å²) in [5, 5.41) is 3.68. The van der Waals surface area contributed by atoms with E-state index >= 15 is 0 Å². The van der Waals surface area contributed by atoms with Crippen LogP contribution in [0.25, 0.3) is 0 Å². The Morgan fingerprint density at radius 1 is 1.32 bits per heavy atom. The molecule has 2 fully saturated rings. The van der Waals surface area contributed by atoms with E-state index in [-0.39, 0.29) is 11.6 Å². The van der Waals surface area contributed by atoms with Gasteiger partial charge in [0, 0.05) is 25.9 Å². The normalized spacial score (nSPS) is 28.4. The summed E-state index contributed by atoms with van der Waals surface area (Å²) in [7, 11) is 0. The van der Waals surface area contributed by atoms with Gasteiger partial charge in [0.1, 0.15) is 5.76 Å². The quantitative estimate of drug-likeness (QED) is 0.912. The third-order valence-corrected chi connectivity index (χ3v) is 4.35. The summed E-state index contributed by atoms with van der Waals surface area (Å²) in [6.45, 7) is 4.68. The highest BCUT2D eigenvalue weighted by molar-refractivity contribution is 5.04. The van der Waals surface area contributed by atoms with E-state index in [1.54, 1.807) is 6.26 Å². The summed E-state index contributed by atoms with van der Waals surface area (Å²) in [6.07, 6.45) is 5.95. The Kier molecular flexibility index (Phi) is 3.91. The van der Waals surface area contributed by atoms with Gasteiger partial charge >= 0.3 is 0 Å². The van der Waals surface area contributed by atoms with Crippen molar-refractivity contribution in [3.8, 4) is 0 Å². The molecule has 0 amide bonds. The molecule has 2 aliphatic heterocycles. The molecule has 1 aromatic heterocycles. The molecule has 0 aliphatic carbocycles. The molecule has 1 N–H and O–H groups in total. The summed E-state index contributed by atoms with van der Waals surface area (Å²) in [5.74, 6) is 1.01.